The van der Waals surface area contributed by atoms with E-state index in [1.807, 2.05) is 26.8 Å². The van der Waals surface area contributed by atoms with Gasteiger partial charge in [0.15, 0.2) is 17.6 Å². The van der Waals surface area contributed by atoms with Crippen LogP contribution in [-0.2, 0) is 11.3 Å². The smallest absolute Gasteiger partial charge is 0.261 e. The van der Waals surface area contributed by atoms with Gasteiger partial charge in [0.05, 0.1) is 21.3 Å². The molecule has 0 fully saturated rings. The van der Waals surface area contributed by atoms with Gasteiger partial charge in [-0.25, -0.2) is 0 Å². The van der Waals surface area contributed by atoms with E-state index in [-0.39, 0.29) is 5.91 Å². The molecule has 28 heavy (non-hydrogen) atoms. The average Bonchev–Trinajstić information content (AvgIpc) is 2.68. The summed E-state index contributed by atoms with van der Waals surface area (Å²) in [5.74, 6) is 2.13. The van der Waals surface area contributed by atoms with Crippen LogP contribution in [0.2, 0.25) is 0 Å². The maximum absolute atomic E-state index is 12.5. The molecular weight excluding hydrogens is 358 g/mol. The zero-order valence-electron chi connectivity index (χ0n) is 17.6. The first-order valence-electron chi connectivity index (χ1n) is 9.11. The van der Waals surface area contributed by atoms with Crippen LogP contribution in [0.25, 0.3) is 0 Å². The van der Waals surface area contributed by atoms with Crippen LogP contribution in [0.15, 0.2) is 24.3 Å². The van der Waals surface area contributed by atoms with Crippen molar-refractivity contribution >= 4 is 5.91 Å². The number of aryl methyl sites for hydroxylation is 2. The van der Waals surface area contributed by atoms with E-state index in [0.29, 0.717) is 23.8 Å². The molecule has 0 aliphatic heterocycles. The minimum Gasteiger partial charge on any atom is -0.493 e. The summed E-state index contributed by atoms with van der Waals surface area (Å²) in [6.45, 7) is 8.08. The van der Waals surface area contributed by atoms with Crippen molar-refractivity contribution in [2.24, 2.45) is 0 Å². The number of methoxy groups -OCH3 is 3. The Kier molecular flexibility index (Phi) is 7.15. The summed E-state index contributed by atoms with van der Waals surface area (Å²) in [5, 5.41) is 2.89. The molecule has 2 aromatic rings. The highest BCUT2D eigenvalue weighted by atomic mass is 16.5. The van der Waals surface area contributed by atoms with Gasteiger partial charge in [0.2, 0.25) is 5.75 Å². The highest BCUT2D eigenvalue weighted by Crippen LogP contribution is 2.38. The molecule has 1 N–H and O–H groups in total. The van der Waals surface area contributed by atoms with Crippen molar-refractivity contribution in [3.8, 4) is 23.0 Å². The molecule has 0 aliphatic rings. The fraction of sp³-hybridized carbons (Fsp3) is 0.409. The average molecular weight is 387 g/mol. The molecule has 0 saturated carbocycles. The number of benzene rings is 2. The van der Waals surface area contributed by atoms with E-state index in [2.05, 4.69) is 11.4 Å². The Morgan fingerprint density at radius 1 is 0.929 bits per heavy atom. The molecule has 0 aliphatic carbocycles. The highest BCUT2D eigenvalue weighted by Gasteiger charge is 2.18. The van der Waals surface area contributed by atoms with Gasteiger partial charge in [-0.05, 0) is 68.1 Å². The first-order chi connectivity index (χ1) is 13.3. The summed E-state index contributed by atoms with van der Waals surface area (Å²) in [4.78, 5) is 12.5. The molecule has 0 heterocycles. The lowest BCUT2D eigenvalue weighted by Crippen LogP contribution is -2.36. The number of carbonyl (C=O) groups is 1. The van der Waals surface area contributed by atoms with Crippen molar-refractivity contribution in [3.63, 3.8) is 0 Å². The maximum Gasteiger partial charge on any atom is 0.261 e. The van der Waals surface area contributed by atoms with Crippen molar-refractivity contribution in [1.82, 2.24) is 5.32 Å². The van der Waals surface area contributed by atoms with Crippen LogP contribution in [0.3, 0.4) is 0 Å². The fourth-order valence-corrected chi connectivity index (χ4v) is 2.94. The number of ether oxygens (including phenoxy) is 4. The third-order valence-corrected chi connectivity index (χ3v) is 4.63. The van der Waals surface area contributed by atoms with Crippen LogP contribution >= 0.6 is 0 Å². The van der Waals surface area contributed by atoms with Crippen molar-refractivity contribution < 1.29 is 23.7 Å². The van der Waals surface area contributed by atoms with Crippen molar-refractivity contribution in [2.75, 3.05) is 21.3 Å². The molecule has 0 unspecified atom stereocenters. The van der Waals surface area contributed by atoms with Crippen LogP contribution < -0.4 is 24.3 Å². The molecule has 2 rings (SSSR count). The van der Waals surface area contributed by atoms with E-state index in [0.717, 1.165) is 28.0 Å². The first-order valence-corrected chi connectivity index (χ1v) is 9.11. The highest BCUT2D eigenvalue weighted by molar-refractivity contribution is 5.80. The lowest BCUT2D eigenvalue weighted by molar-refractivity contribution is -0.127. The first kappa shape index (κ1) is 21.4. The number of carbonyl (C=O) groups excluding carboxylic acids is 1. The van der Waals surface area contributed by atoms with E-state index in [4.69, 9.17) is 18.9 Å². The minimum atomic E-state index is -0.623. The third kappa shape index (κ3) is 4.88. The Bertz CT molecular complexity index is 822. The monoisotopic (exact) mass is 387 g/mol. The standard InChI is InChI=1S/C22H29NO5/c1-13-8-14(2)15(3)18(9-13)28-16(4)22(24)23-12-17-10-19(25-5)21(27-7)20(11-17)26-6/h8-11,16H,12H2,1-7H3,(H,23,24)/t16-/m1/s1. The quantitative estimate of drug-likeness (QED) is 0.748. The van der Waals surface area contributed by atoms with E-state index in [1.165, 1.54) is 0 Å². The summed E-state index contributed by atoms with van der Waals surface area (Å²) in [7, 11) is 4.67. The molecule has 0 radical (unpaired) electrons. The normalized spacial score (nSPS) is 11.5. The van der Waals surface area contributed by atoms with E-state index >= 15 is 0 Å². The molecule has 0 aromatic heterocycles. The van der Waals surface area contributed by atoms with Crippen molar-refractivity contribution in [1.29, 1.82) is 0 Å². The van der Waals surface area contributed by atoms with Crippen LogP contribution in [0.5, 0.6) is 23.0 Å². The zero-order valence-corrected chi connectivity index (χ0v) is 17.6. The van der Waals surface area contributed by atoms with Gasteiger partial charge in [0, 0.05) is 6.54 Å². The molecule has 0 saturated heterocycles. The Morgan fingerprint density at radius 3 is 2.07 bits per heavy atom. The maximum atomic E-state index is 12.5. The van der Waals surface area contributed by atoms with Crippen LogP contribution in [0.4, 0.5) is 0 Å². The second kappa shape index (κ2) is 9.35. The predicted molar refractivity (Wildman–Crippen MR) is 109 cm³/mol. The molecule has 6 heteroatoms. The Labute approximate surface area is 166 Å². The number of amides is 1. The van der Waals surface area contributed by atoms with E-state index in [1.54, 1.807) is 40.4 Å². The van der Waals surface area contributed by atoms with Crippen LogP contribution in [0, 0.1) is 20.8 Å². The second-order valence-electron chi connectivity index (χ2n) is 6.72. The van der Waals surface area contributed by atoms with Crippen molar-refractivity contribution in [3.05, 3.63) is 46.5 Å². The third-order valence-electron chi connectivity index (χ3n) is 4.63. The number of nitrogens with one attached hydrogen (secondary N) is 1. The van der Waals surface area contributed by atoms with Gasteiger partial charge in [0.25, 0.3) is 5.91 Å². The number of hydrogen-bond acceptors (Lipinski definition) is 5. The summed E-state index contributed by atoms with van der Waals surface area (Å²) < 4.78 is 21.9. The predicted octanol–water partition coefficient (Wildman–Crippen LogP) is 3.72. The Balaban J connectivity index is 2.07. The number of rotatable bonds is 8. The van der Waals surface area contributed by atoms with Crippen molar-refractivity contribution in [2.45, 2.75) is 40.3 Å². The summed E-state index contributed by atoms with van der Waals surface area (Å²) in [6.07, 6.45) is -0.623. The molecule has 1 amide bonds. The van der Waals surface area contributed by atoms with Gasteiger partial charge >= 0.3 is 0 Å². The molecule has 0 bridgehead atoms. The van der Waals surface area contributed by atoms with Gasteiger partial charge in [-0.3, -0.25) is 4.79 Å². The molecule has 2 aromatic carbocycles. The fourth-order valence-electron chi connectivity index (χ4n) is 2.94. The Morgan fingerprint density at radius 2 is 1.54 bits per heavy atom. The zero-order chi connectivity index (χ0) is 20.8. The SMILES string of the molecule is COc1cc(CNC(=O)[C@@H](C)Oc2cc(C)cc(C)c2C)cc(OC)c1OC. The largest absolute Gasteiger partial charge is 0.493 e. The molecule has 6 nitrogen and oxygen atoms in total. The molecule has 152 valence electrons. The summed E-state index contributed by atoms with van der Waals surface area (Å²) >= 11 is 0. The molecular formula is C22H29NO5. The van der Waals surface area contributed by atoms with Crippen LogP contribution in [0.1, 0.15) is 29.2 Å². The second-order valence-corrected chi connectivity index (χ2v) is 6.72. The number of hydrogen-bond donors (Lipinski definition) is 1. The van der Waals surface area contributed by atoms with Crippen LogP contribution in [-0.4, -0.2) is 33.3 Å². The van der Waals surface area contributed by atoms with E-state index < -0.39 is 6.10 Å². The summed E-state index contributed by atoms with van der Waals surface area (Å²) in [6, 6.07) is 7.66. The Hall–Kier alpha value is -2.89. The van der Waals surface area contributed by atoms with E-state index in [9.17, 15) is 4.79 Å². The van der Waals surface area contributed by atoms with Gasteiger partial charge in [-0.2, -0.15) is 0 Å². The van der Waals surface area contributed by atoms with Gasteiger partial charge < -0.3 is 24.3 Å². The lowest BCUT2D eigenvalue weighted by Gasteiger charge is -2.18. The summed E-state index contributed by atoms with van der Waals surface area (Å²) in [5.41, 5.74) is 4.11. The van der Waals surface area contributed by atoms with Gasteiger partial charge in [-0.15, -0.1) is 0 Å². The molecule has 0 spiro atoms. The molecule has 1 atom stereocenters. The topological polar surface area (TPSA) is 66.0 Å². The van der Waals surface area contributed by atoms with Gasteiger partial charge in [-0.1, -0.05) is 6.07 Å². The van der Waals surface area contributed by atoms with Gasteiger partial charge in [0.1, 0.15) is 5.75 Å². The minimum absolute atomic E-state index is 0.202. The lowest BCUT2D eigenvalue weighted by atomic mass is 10.1.